The van der Waals surface area contributed by atoms with E-state index >= 15 is 0 Å². The largest absolute Gasteiger partial charge is 0.486 e. The normalized spacial score (nSPS) is 19.4. The average molecular weight is 371 g/mol. The zero-order valence-electron chi connectivity index (χ0n) is 14.2. The van der Waals surface area contributed by atoms with Crippen LogP contribution < -0.4 is 10.1 Å². The van der Waals surface area contributed by atoms with Gasteiger partial charge in [0.1, 0.15) is 11.9 Å². The summed E-state index contributed by atoms with van der Waals surface area (Å²) in [6.07, 6.45) is 0.670. The minimum absolute atomic E-state index is 0.0763. The highest BCUT2D eigenvalue weighted by Gasteiger charge is 2.29. The number of benzene rings is 2. The molecular weight excluding hydrogens is 352 g/mol. The second-order valence-corrected chi connectivity index (χ2v) is 6.57. The van der Waals surface area contributed by atoms with E-state index in [9.17, 15) is 4.79 Å². The Hall–Kier alpha value is -2.55. The molecule has 26 heavy (non-hydrogen) atoms. The Morgan fingerprint density at radius 2 is 2.12 bits per heavy atom. The molecule has 0 aromatic heterocycles. The van der Waals surface area contributed by atoms with Gasteiger partial charge in [-0.1, -0.05) is 23.7 Å². The highest BCUT2D eigenvalue weighted by atomic mass is 35.5. The van der Waals surface area contributed by atoms with Crippen molar-refractivity contribution in [1.29, 1.82) is 5.26 Å². The number of nitriles is 1. The first-order valence-corrected chi connectivity index (χ1v) is 8.80. The topological polar surface area (TPSA) is 71.3 Å². The number of halogens is 1. The van der Waals surface area contributed by atoms with E-state index in [4.69, 9.17) is 26.3 Å². The van der Waals surface area contributed by atoms with E-state index in [-0.39, 0.29) is 24.5 Å². The van der Waals surface area contributed by atoms with Gasteiger partial charge in [-0.25, -0.2) is 0 Å². The van der Waals surface area contributed by atoms with Gasteiger partial charge in [0.15, 0.2) is 0 Å². The zero-order valence-corrected chi connectivity index (χ0v) is 14.9. The lowest BCUT2D eigenvalue weighted by Gasteiger charge is -2.32. The van der Waals surface area contributed by atoms with Crippen molar-refractivity contribution in [2.24, 2.45) is 0 Å². The molecule has 2 atom stereocenters. The van der Waals surface area contributed by atoms with Gasteiger partial charge < -0.3 is 14.8 Å². The third-order valence-electron chi connectivity index (χ3n) is 4.18. The molecule has 0 spiro atoms. The first-order chi connectivity index (χ1) is 12.6. The number of amides is 1. The number of hydrogen-bond donors (Lipinski definition) is 1. The number of carbonyl (C=O) groups is 1. The minimum atomic E-state index is -0.278. The molecule has 0 unspecified atom stereocenters. The number of hydrogen-bond acceptors (Lipinski definition) is 4. The number of nitrogens with zero attached hydrogens (tertiary/aromatic N) is 1. The molecule has 1 N–H and O–H groups in total. The van der Waals surface area contributed by atoms with Crippen molar-refractivity contribution in [3.05, 3.63) is 64.7 Å². The van der Waals surface area contributed by atoms with Crippen LogP contribution in [0.1, 0.15) is 17.5 Å². The maximum Gasteiger partial charge on any atom is 0.224 e. The summed E-state index contributed by atoms with van der Waals surface area (Å²) in [5, 5.41) is 12.5. The van der Waals surface area contributed by atoms with Gasteiger partial charge in [-0.05, 0) is 48.4 Å². The number of ether oxygens (including phenoxy) is 2. The second kappa shape index (κ2) is 8.70. The first kappa shape index (κ1) is 18.2. The Morgan fingerprint density at radius 3 is 2.85 bits per heavy atom. The summed E-state index contributed by atoms with van der Waals surface area (Å²) in [6, 6.07) is 16.1. The second-order valence-electron chi connectivity index (χ2n) is 6.14. The molecule has 0 aliphatic carbocycles. The molecule has 1 heterocycles. The van der Waals surface area contributed by atoms with Gasteiger partial charge in [0.25, 0.3) is 0 Å². The van der Waals surface area contributed by atoms with Crippen molar-refractivity contribution in [2.45, 2.75) is 25.0 Å². The highest BCUT2D eigenvalue weighted by Crippen LogP contribution is 2.19. The Balaban J connectivity index is 1.60. The maximum absolute atomic E-state index is 12.4. The summed E-state index contributed by atoms with van der Waals surface area (Å²) in [6.45, 7) is 0.984. The molecule has 1 amide bonds. The predicted octanol–water partition coefficient (Wildman–Crippen LogP) is 3.11. The van der Waals surface area contributed by atoms with Gasteiger partial charge >= 0.3 is 0 Å². The molecular formula is C20H19ClN2O3. The van der Waals surface area contributed by atoms with E-state index in [0.29, 0.717) is 36.0 Å². The van der Waals surface area contributed by atoms with E-state index in [0.717, 1.165) is 5.56 Å². The van der Waals surface area contributed by atoms with Gasteiger partial charge in [-0.2, -0.15) is 5.26 Å². The van der Waals surface area contributed by atoms with Gasteiger partial charge in [0, 0.05) is 11.6 Å². The van der Waals surface area contributed by atoms with Crippen LogP contribution in [0.5, 0.6) is 5.75 Å². The third-order valence-corrected chi connectivity index (χ3v) is 4.41. The van der Waals surface area contributed by atoms with Crippen molar-refractivity contribution in [1.82, 2.24) is 5.32 Å². The zero-order chi connectivity index (χ0) is 18.4. The summed E-state index contributed by atoms with van der Waals surface area (Å²) >= 11 is 5.97. The first-order valence-electron chi connectivity index (χ1n) is 8.42. The summed E-state index contributed by atoms with van der Waals surface area (Å²) in [5.74, 6) is 0.571. The van der Waals surface area contributed by atoms with Crippen molar-refractivity contribution in [3.63, 3.8) is 0 Å². The van der Waals surface area contributed by atoms with Crippen LogP contribution in [0.25, 0.3) is 0 Å². The van der Waals surface area contributed by atoms with Crippen LogP contribution in [0.3, 0.4) is 0 Å². The molecule has 2 aromatic carbocycles. The molecule has 1 aliphatic heterocycles. The van der Waals surface area contributed by atoms with Crippen molar-refractivity contribution < 1.29 is 14.3 Å². The molecule has 134 valence electrons. The fourth-order valence-electron chi connectivity index (χ4n) is 2.87. The Labute approximate surface area is 157 Å². The fourth-order valence-corrected chi connectivity index (χ4v) is 3.08. The molecule has 5 nitrogen and oxygen atoms in total. The number of nitrogens with one attached hydrogen (secondary N) is 1. The standard InChI is InChI=1S/C20H19ClN2O3/c21-16-3-1-2-15(10-16)11-20(24)23-18-8-9-25-13-19(18)26-17-6-4-14(12-22)5-7-17/h1-7,10,18-19H,8-9,11,13H2,(H,23,24)/t18-,19-/m1/s1. The highest BCUT2D eigenvalue weighted by molar-refractivity contribution is 6.30. The molecule has 3 rings (SSSR count). The van der Waals surface area contributed by atoms with E-state index in [1.165, 1.54) is 0 Å². The Kier molecular flexibility index (Phi) is 6.11. The van der Waals surface area contributed by atoms with Crippen LogP contribution in [-0.4, -0.2) is 31.3 Å². The number of carbonyl (C=O) groups excluding carboxylic acids is 1. The van der Waals surface area contributed by atoms with Gasteiger partial charge in [0.2, 0.25) is 5.91 Å². The Bertz CT molecular complexity index is 801. The van der Waals surface area contributed by atoms with Gasteiger partial charge in [-0.15, -0.1) is 0 Å². The lowest BCUT2D eigenvalue weighted by molar-refractivity contribution is -0.123. The summed E-state index contributed by atoms with van der Waals surface area (Å²) in [7, 11) is 0. The predicted molar refractivity (Wildman–Crippen MR) is 98.1 cm³/mol. The van der Waals surface area contributed by atoms with Crippen molar-refractivity contribution >= 4 is 17.5 Å². The third kappa shape index (κ3) is 4.98. The molecule has 1 aliphatic rings. The average Bonchev–Trinajstić information content (AvgIpc) is 2.64. The molecule has 6 heteroatoms. The SMILES string of the molecule is N#Cc1ccc(O[C@@H]2COCC[C@H]2NC(=O)Cc2cccc(Cl)c2)cc1. The summed E-state index contributed by atoms with van der Waals surface area (Å²) in [5.41, 5.74) is 1.44. The molecule has 1 fully saturated rings. The summed E-state index contributed by atoms with van der Waals surface area (Å²) in [4.78, 5) is 12.4. The fraction of sp³-hybridized carbons (Fsp3) is 0.300. The van der Waals surface area contributed by atoms with E-state index in [1.54, 1.807) is 36.4 Å². The molecule has 2 aromatic rings. The van der Waals surface area contributed by atoms with Crippen LogP contribution in [0.15, 0.2) is 48.5 Å². The van der Waals surface area contributed by atoms with Crippen LogP contribution in [0, 0.1) is 11.3 Å². The number of rotatable bonds is 5. The van der Waals surface area contributed by atoms with Crippen molar-refractivity contribution in [3.8, 4) is 11.8 Å². The molecule has 1 saturated heterocycles. The van der Waals surface area contributed by atoms with Crippen molar-refractivity contribution in [2.75, 3.05) is 13.2 Å². The van der Waals surface area contributed by atoms with E-state index in [2.05, 4.69) is 11.4 Å². The molecule has 0 bridgehead atoms. The lowest BCUT2D eigenvalue weighted by Crippen LogP contribution is -2.51. The quantitative estimate of drug-likeness (QED) is 0.877. The van der Waals surface area contributed by atoms with E-state index in [1.807, 2.05) is 12.1 Å². The van der Waals surface area contributed by atoms with Gasteiger partial charge in [-0.3, -0.25) is 4.79 Å². The molecule has 0 radical (unpaired) electrons. The van der Waals surface area contributed by atoms with Crippen LogP contribution in [0.2, 0.25) is 5.02 Å². The van der Waals surface area contributed by atoms with Crippen LogP contribution in [0.4, 0.5) is 0 Å². The van der Waals surface area contributed by atoms with Gasteiger partial charge in [0.05, 0.1) is 30.7 Å². The summed E-state index contributed by atoms with van der Waals surface area (Å²) < 4.78 is 11.5. The van der Waals surface area contributed by atoms with E-state index < -0.39 is 0 Å². The smallest absolute Gasteiger partial charge is 0.224 e. The van der Waals surface area contributed by atoms with Crippen LogP contribution >= 0.6 is 11.6 Å². The monoisotopic (exact) mass is 370 g/mol. The lowest BCUT2D eigenvalue weighted by atomic mass is 10.0. The molecule has 0 saturated carbocycles. The minimum Gasteiger partial charge on any atom is -0.486 e. The van der Waals surface area contributed by atoms with Crippen LogP contribution in [-0.2, 0) is 16.0 Å². The maximum atomic E-state index is 12.4. The Morgan fingerprint density at radius 1 is 1.31 bits per heavy atom.